The van der Waals surface area contributed by atoms with Crippen molar-refractivity contribution < 1.29 is 14.5 Å². The average Bonchev–Trinajstić information content (AvgIpc) is 2.55. The van der Waals surface area contributed by atoms with Crippen molar-refractivity contribution >= 4 is 29.4 Å². The van der Waals surface area contributed by atoms with E-state index in [1.54, 1.807) is 24.3 Å². The molecule has 23 heavy (non-hydrogen) atoms. The molecule has 0 bridgehead atoms. The monoisotopic (exact) mass is 333 g/mol. The minimum absolute atomic E-state index is 0.0120. The molecule has 118 valence electrons. The van der Waals surface area contributed by atoms with Gasteiger partial charge in [-0.3, -0.25) is 14.9 Å². The van der Waals surface area contributed by atoms with Crippen LogP contribution < -0.4 is 10.2 Å². The van der Waals surface area contributed by atoms with Crippen molar-refractivity contribution in [2.75, 3.05) is 7.11 Å². The van der Waals surface area contributed by atoms with Gasteiger partial charge < -0.3 is 4.74 Å². The molecule has 0 saturated heterocycles. The number of hydrogen-bond donors (Lipinski definition) is 1. The van der Waals surface area contributed by atoms with Crippen molar-refractivity contribution in [2.45, 2.75) is 0 Å². The molecule has 0 saturated carbocycles. The van der Waals surface area contributed by atoms with Gasteiger partial charge >= 0.3 is 0 Å². The van der Waals surface area contributed by atoms with Crippen molar-refractivity contribution in [3.8, 4) is 5.75 Å². The van der Waals surface area contributed by atoms with Gasteiger partial charge in [0, 0.05) is 22.7 Å². The number of hydrazone groups is 1. The zero-order valence-corrected chi connectivity index (χ0v) is 12.8. The maximum atomic E-state index is 12.1. The molecule has 7 nitrogen and oxygen atoms in total. The first-order valence-electron chi connectivity index (χ1n) is 6.43. The van der Waals surface area contributed by atoms with E-state index in [1.165, 1.54) is 25.5 Å². The van der Waals surface area contributed by atoms with E-state index in [0.717, 1.165) is 6.07 Å². The fraction of sp³-hybridized carbons (Fsp3) is 0.0667. The Hall–Kier alpha value is -2.93. The fourth-order valence-electron chi connectivity index (χ4n) is 1.79. The second-order valence-electron chi connectivity index (χ2n) is 4.36. The van der Waals surface area contributed by atoms with Crippen LogP contribution in [-0.2, 0) is 0 Å². The number of carbonyl (C=O) groups excluding carboxylic acids is 1. The summed E-state index contributed by atoms with van der Waals surface area (Å²) in [4.78, 5) is 22.3. The van der Waals surface area contributed by atoms with Gasteiger partial charge in [-0.2, -0.15) is 5.10 Å². The molecule has 0 aliphatic heterocycles. The van der Waals surface area contributed by atoms with Crippen molar-refractivity contribution in [1.82, 2.24) is 5.43 Å². The van der Waals surface area contributed by atoms with Crippen molar-refractivity contribution in [1.29, 1.82) is 0 Å². The average molecular weight is 334 g/mol. The van der Waals surface area contributed by atoms with Crippen molar-refractivity contribution in [3.63, 3.8) is 0 Å². The zero-order valence-electron chi connectivity index (χ0n) is 12.0. The predicted molar refractivity (Wildman–Crippen MR) is 86.2 cm³/mol. The third kappa shape index (κ3) is 4.04. The van der Waals surface area contributed by atoms with Crippen LogP contribution >= 0.6 is 11.6 Å². The number of carbonyl (C=O) groups is 1. The molecule has 0 spiro atoms. The van der Waals surface area contributed by atoms with Crippen LogP contribution in [0.4, 0.5) is 5.69 Å². The minimum Gasteiger partial charge on any atom is -0.496 e. The Morgan fingerprint density at radius 3 is 2.74 bits per heavy atom. The molecular formula is C15H12ClN3O4. The summed E-state index contributed by atoms with van der Waals surface area (Å²) < 4.78 is 5.03. The number of nitro groups is 1. The minimum atomic E-state index is -0.631. The van der Waals surface area contributed by atoms with Crippen molar-refractivity contribution in [2.24, 2.45) is 5.10 Å². The highest BCUT2D eigenvalue weighted by molar-refractivity contribution is 6.33. The Labute approximate surface area is 136 Å². The normalized spacial score (nSPS) is 10.5. The quantitative estimate of drug-likeness (QED) is 0.517. The standard InChI is InChI=1S/C15H12ClN3O4/c1-23-14-7-6-11(19(21)22)8-12(14)15(20)18-17-9-10-4-2-3-5-13(10)16/h2-9H,1H3,(H,18,20)/b17-9-. The SMILES string of the molecule is COc1ccc([N+](=O)[O-])cc1C(=O)N/N=C\c1ccccc1Cl. The van der Waals surface area contributed by atoms with Crippen LogP contribution in [0.2, 0.25) is 5.02 Å². The van der Waals surface area contributed by atoms with E-state index < -0.39 is 10.8 Å². The summed E-state index contributed by atoms with van der Waals surface area (Å²) in [5, 5.41) is 15.1. The summed E-state index contributed by atoms with van der Waals surface area (Å²) in [5.74, 6) is -0.421. The van der Waals surface area contributed by atoms with E-state index in [9.17, 15) is 14.9 Å². The number of nitrogens with zero attached hydrogens (tertiary/aromatic N) is 2. The number of nitro benzene ring substituents is 1. The van der Waals surface area contributed by atoms with Gasteiger partial charge in [0.1, 0.15) is 5.75 Å². The molecule has 0 radical (unpaired) electrons. The van der Waals surface area contributed by atoms with Crippen LogP contribution in [-0.4, -0.2) is 24.2 Å². The maximum absolute atomic E-state index is 12.1. The first-order valence-corrected chi connectivity index (χ1v) is 6.81. The molecule has 0 fully saturated rings. The Bertz CT molecular complexity index is 777. The van der Waals surface area contributed by atoms with Gasteiger partial charge in [0.05, 0.1) is 23.8 Å². The largest absolute Gasteiger partial charge is 0.496 e. The maximum Gasteiger partial charge on any atom is 0.275 e. The summed E-state index contributed by atoms with van der Waals surface area (Å²) >= 11 is 5.96. The van der Waals surface area contributed by atoms with Crippen LogP contribution in [0.25, 0.3) is 0 Å². The van der Waals surface area contributed by atoms with E-state index in [-0.39, 0.29) is 17.0 Å². The Balaban J connectivity index is 2.19. The first kappa shape index (κ1) is 16.4. The molecule has 0 unspecified atom stereocenters. The summed E-state index contributed by atoms with van der Waals surface area (Å²) in [5.41, 5.74) is 2.71. The number of ether oxygens (including phenoxy) is 1. The van der Waals surface area contributed by atoms with Gasteiger partial charge in [0.2, 0.25) is 0 Å². The van der Waals surface area contributed by atoms with Gasteiger partial charge in [0.15, 0.2) is 0 Å². The third-order valence-electron chi connectivity index (χ3n) is 2.91. The molecule has 0 aliphatic carbocycles. The van der Waals surface area contributed by atoms with E-state index in [1.807, 2.05) is 0 Å². The summed E-state index contributed by atoms with van der Waals surface area (Å²) in [7, 11) is 1.37. The summed E-state index contributed by atoms with van der Waals surface area (Å²) in [6.45, 7) is 0. The van der Waals surface area contributed by atoms with Gasteiger partial charge in [-0.25, -0.2) is 5.43 Å². The molecule has 0 aliphatic rings. The molecular weight excluding hydrogens is 322 g/mol. The third-order valence-corrected chi connectivity index (χ3v) is 3.26. The van der Waals surface area contributed by atoms with E-state index in [0.29, 0.717) is 10.6 Å². The topological polar surface area (TPSA) is 93.8 Å². The highest BCUT2D eigenvalue weighted by Crippen LogP contribution is 2.23. The Morgan fingerprint density at radius 2 is 2.09 bits per heavy atom. The van der Waals surface area contributed by atoms with Crippen LogP contribution in [0.5, 0.6) is 5.75 Å². The van der Waals surface area contributed by atoms with Crippen molar-refractivity contribution in [3.05, 3.63) is 68.7 Å². The lowest BCUT2D eigenvalue weighted by atomic mass is 10.1. The predicted octanol–water partition coefficient (Wildman–Crippen LogP) is 3.02. The molecule has 1 amide bonds. The number of benzene rings is 2. The molecule has 0 heterocycles. The summed E-state index contributed by atoms with van der Waals surface area (Å²) in [6, 6.07) is 10.7. The number of hydrogen-bond acceptors (Lipinski definition) is 5. The van der Waals surface area contributed by atoms with Crippen LogP contribution in [0, 0.1) is 10.1 Å². The lowest BCUT2D eigenvalue weighted by Gasteiger charge is -2.06. The highest BCUT2D eigenvalue weighted by atomic mass is 35.5. The van der Waals surface area contributed by atoms with Crippen LogP contribution in [0.1, 0.15) is 15.9 Å². The van der Waals surface area contributed by atoms with Gasteiger partial charge in [-0.1, -0.05) is 29.8 Å². The molecule has 0 atom stereocenters. The van der Waals surface area contributed by atoms with Crippen LogP contribution in [0.3, 0.4) is 0 Å². The Morgan fingerprint density at radius 1 is 1.35 bits per heavy atom. The second kappa shape index (κ2) is 7.37. The molecule has 2 rings (SSSR count). The number of methoxy groups -OCH3 is 1. The molecule has 0 aromatic heterocycles. The lowest BCUT2D eigenvalue weighted by molar-refractivity contribution is -0.384. The molecule has 2 aromatic carbocycles. The fourth-order valence-corrected chi connectivity index (χ4v) is 1.97. The smallest absolute Gasteiger partial charge is 0.275 e. The van der Waals surface area contributed by atoms with E-state index in [2.05, 4.69) is 10.5 Å². The molecule has 2 aromatic rings. The number of non-ortho nitro benzene ring substituents is 1. The molecule has 1 N–H and O–H groups in total. The van der Waals surface area contributed by atoms with Gasteiger partial charge in [-0.15, -0.1) is 0 Å². The first-order chi connectivity index (χ1) is 11.0. The number of nitrogens with one attached hydrogen (secondary N) is 1. The lowest BCUT2D eigenvalue weighted by Crippen LogP contribution is -2.18. The number of amides is 1. The van der Waals surface area contributed by atoms with Crippen LogP contribution in [0.15, 0.2) is 47.6 Å². The summed E-state index contributed by atoms with van der Waals surface area (Å²) in [6.07, 6.45) is 1.38. The Kier molecular flexibility index (Phi) is 5.27. The molecule has 8 heteroatoms. The zero-order chi connectivity index (χ0) is 16.8. The number of halogens is 1. The number of rotatable bonds is 5. The van der Waals surface area contributed by atoms with E-state index in [4.69, 9.17) is 16.3 Å². The highest BCUT2D eigenvalue weighted by Gasteiger charge is 2.17. The van der Waals surface area contributed by atoms with Gasteiger partial charge in [0.25, 0.3) is 11.6 Å². The van der Waals surface area contributed by atoms with E-state index >= 15 is 0 Å². The second-order valence-corrected chi connectivity index (χ2v) is 4.77. The van der Waals surface area contributed by atoms with Gasteiger partial charge in [-0.05, 0) is 12.1 Å².